The summed E-state index contributed by atoms with van der Waals surface area (Å²) in [5.41, 5.74) is 1.82. The molecule has 2 heterocycles. The van der Waals surface area contributed by atoms with E-state index in [4.69, 9.17) is 11.6 Å². The van der Waals surface area contributed by atoms with Gasteiger partial charge in [0.1, 0.15) is 12.1 Å². The van der Waals surface area contributed by atoms with E-state index in [1.807, 2.05) is 30.3 Å². The molecular weight excluding hydrogens is 332 g/mol. The number of aromatic nitrogens is 2. The Balaban J connectivity index is 1.45. The predicted molar refractivity (Wildman–Crippen MR) is 103 cm³/mol. The number of hydrogen-bond donors (Lipinski definition) is 1. The van der Waals surface area contributed by atoms with Crippen LogP contribution in [0.3, 0.4) is 0 Å². The Kier molecular flexibility index (Phi) is 5.18. The van der Waals surface area contributed by atoms with Crippen LogP contribution in [0.1, 0.15) is 38.5 Å². The molecule has 0 bridgehead atoms. The Morgan fingerprint density at radius 3 is 2.72 bits per heavy atom. The normalized spacial score (nSPS) is 24.4. The van der Waals surface area contributed by atoms with Gasteiger partial charge in [-0.15, -0.1) is 0 Å². The number of rotatable bonds is 4. The van der Waals surface area contributed by atoms with Crippen LogP contribution in [0, 0.1) is 0 Å². The van der Waals surface area contributed by atoms with Gasteiger partial charge in [-0.3, -0.25) is 0 Å². The lowest BCUT2D eigenvalue weighted by molar-refractivity contribution is 0.184. The molecule has 132 valence electrons. The van der Waals surface area contributed by atoms with E-state index in [1.54, 1.807) is 6.33 Å². The molecule has 2 aromatic rings. The Labute approximate surface area is 154 Å². The van der Waals surface area contributed by atoms with Gasteiger partial charge in [0, 0.05) is 28.7 Å². The highest BCUT2D eigenvalue weighted by Gasteiger charge is 2.28. The minimum absolute atomic E-state index is 0.494. The Hall–Kier alpha value is -1.65. The van der Waals surface area contributed by atoms with Gasteiger partial charge in [-0.1, -0.05) is 29.8 Å². The average molecular weight is 357 g/mol. The standard InChI is InChI=1S/C20H25ClN4/c21-18-9-2-1-8-17(18)19-13-20(23-14-22-19)24-15-6-5-7-16(12-15)25-10-3-4-11-25/h1-2,8-9,13-16H,3-7,10-12H2,(H,22,23,24). The molecule has 1 aromatic carbocycles. The third-order valence-corrected chi connectivity index (χ3v) is 5.80. The highest BCUT2D eigenvalue weighted by atomic mass is 35.5. The van der Waals surface area contributed by atoms with Gasteiger partial charge in [0.25, 0.3) is 0 Å². The first kappa shape index (κ1) is 16.8. The van der Waals surface area contributed by atoms with Crippen molar-refractivity contribution in [2.45, 2.75) is 50.6 Å². The topological polar surface area (TPSA) is 41.0 Å². The zero-order valence-electron chi connectivity index (χ0n) is 14.5. The van der Waals surface area contributed by atoms with Crippen LogP contribution >= 0.6 is 11.6 Å². The molecule has 2 atom stereocenters. The van der Waals surface area contributed by atoms with Crippen LogP contribution in [0.2, 0.25) is 5.02 Å². The van der Waals surface area contributed by atoms with Crippen LogP contribution in [-0.4, -0.2) is 40.0 Å². The van der Waals surface area contributed by atoms with Crippen molar-refractivity contribution in [2.24, 2.45) is 0 Å². The quantitative estimate of drug-likeness (QED) is 0.868. The monoisotopic (exact) mass is 356 g/mol. The first-order valence-electron chi connectivity index (χ1n) is 9.37. The molecular formula is C20H25ClN4. The summed E-state index contributed by atoms with van der Waals surface area (Å²) >= 11 is 6.31. The van der Waals surface area contributed by atoms with Gasteiger partial charge in [-0.2, -0.15) is 0 Å². The molecule has 2 aliphatic rings. The fourth-order valence-electron chi connectivity index (χ4n) is 4.20. The molecule has 1 aliphatic carbocycles. The van der Waals surface area contributed by atoms with Crippen LogP contribution in [0.4, 0.5) is 5.82 Å². The van der Waals surface area contributed by atoms with E-state index in [0.717, 1.165) is 28.1 Å². The first-order valence-corrected chi connectivity index (χ1v) is 9.75. The minimum atomic E-state index is 0.494. The van der Waals surface area contributed by atoms with Crippen molar-refractivity contribution in [1.29, 1.82) is 0 Å². The second-order valence-electron chi connectivity index (χ2n) is 7.17. The molecule has 1 aliphatic heterocycles. The molecule has 1 saturated heterocycles. The highest BCUT2D eigenvalue weighted by molar-refractivity contribution is 6.33. The Bertz CT molecular complexity index is 714. The van der Waals surface area contributed by atoms with E-state index in [2.05, 4.69) is 20.2 Å². The summed E-state index contributed by atoms with van der Waals surface area (Å²) in [5, 5.41) is 4.36. The molecule has 0 radical (unpaired) electrons. The molecule has 0 amide bonds. The van der Waals surface area contributed by atoms with Crippen LogP contribution in [-0.2, 0) is 0 Å². The van der Waals surface area contributed by atoms with Crippen molar-refractivity contribution < 1.29 is 0 Å². The Morgan fingerprint density at radius 2 is 1.88 bits per heavy atom. The second-order valence-corrected chi connectivity index (χ2v) is 7.58. The van der Waals surface area contributed by atoms with Crippen molar-refractivity contribution in [3.63, 3.8) is 0 Å². The summed E-state index contributed by atoms with van der Waals surface area (Å²) < 4.78 is 0. The minimum Gasteiger partial charge on any atom is -0.367 e. The Morgan fingerprint density at radius 1 is 1.04 bits per heavy atom. The number of halogens is 1. The summed E-state index contributed by atoms with van der Waals surface area (Å²) in [5.74, 6) is 0.900. The van der Waals surface area contributed by atoms with E-state index >= 15 is 0 Å². The molecule has 5 heteroatoms. The molecule has 25 heavy (non-hydrogen) atoms. The van der Waals surface area contributed by atoms with Crippen LogP contribution in [0.25, 0.3) is 11.3 Å². The maximum absolute atomic E-state index is 6.31. The summed E-state index contributed by atoms with van der Waals surface area (Å²) in [6.45, 7) is 2.56. The molecule has 1 N–H and O–H groups in total. The first-order chi connectivity index (χ1) is 12.3. The third-order valence-electron chi connectivity index (χ3n) is 5.47. The fourth-order valence-corrected chi connectivity index (χ4v) is 4.43. The summed E-state index contributed by atoms with van der Waals surface area (Å²) in [7, 11) is 0. The lowest BCUT2D eigenvalue weighted by Crippen LogP contribution is -2.40. The molecule has 2 unspecified atom stereocenters. The number of nitrogens with zero attached hydrogens (tertiary/aromatic N) is 3. The lowest BCUT2D eigenvalue weighted by Gasteiger charge is -2.35. The van der Waals surface area contributed by atoms with Crippen molar-refractivity contribution >= 4 is 17.4 Å². The molecule has 4 nitrogen and oxygen atoms in total. The summed E-state index contributed by atoms with van der Waals surface area (Å²) in [6.07, 6.45) is 9.42. The van der Waals surface area contributed by atoms with Crippen LogP contribution in [0.5, 0.6) is 0 Å². The lowest BCUT2D eigenvalue weighted by atomic mass is 9.90. The van der Waals surface area contributed by atoms with Gasteiger partial charge in [0.05, 0.1) is 5.69 Å². The molecule has 1 aromatic heterocycles. The zero-order chi connectivity index (χ0) is 17.1. The maximum atomic E-state index is 6.31. The predicted octanol–water partition coefficient (Wildman–Crippen LogP) is 4.62. The van der Waals surface area contributed by atoms with Gasteiger partial charge in [0.15, 0.2) is 0 Å². The van der Waals surface area contributed by atoms with Gasteiger partial charge in [0.2, 0.25) is 0 Å². The summed E-state index contributed by atoms with van der Waals surface area (Å²) in [4.78, 5) is 11.5. The largest absolute Gasteiger partial charge is 0.367 e. The van der Waals surface area contributed by atoms with E-state index < -0.39 is 0 Å². The SMILES string of the molecule is Clc1ccccc1-c1cc(NC2CCCC(N3CCCC3)C2)ncn1. The number of likely N-dealkylation sites (tertiary alicyclic amines) is 1. The molecule has 4 rings (SSSR count). The van der Waals surface area contributed by atoms with E-state index in [1.165, 1.54) is 51.6 Å². The molecule has 1 saturated carbocycles. The third kappa shape index (κ3) is 3.96. The number of anilines is 1. The number of hydrogen-bond acceptors (Lipinski definition) is 4. The molecule has 2 fully saturated rings. The van der Waals surface area contributed by atoms with Crippen molar-refractivity contribution in [1.82, 2.24) is 14.9 Å². The van der Waals surface area contributed by atoms with E-state index in [9.17, 15) is 0 Å². The van der Waals surface area contributed by atoms with Crippen molar-refractivity contribution in [2.75, 3.05) is 18.4 Å². The smallest absolute Gasteiger partial charge is 0.130 e. The van der Waals surface area contributed by atoms with Gasteiger partial charge in [-0.05, 0) is 57.7 Å². The van der Waals surface area contributed by atoms with Gasteiger partial charge in [-0.25, -0.2) is 9.97 Å². The average Bonchev–Trinajstić information content (AvgIpc) is 3.17. The van der Waals surface area contributed by atoms with Crippen molar-refractivity contribution in [3.8, 4) is 11.3 Å². The second kappa shape index (κ2) is 7.71. The van der Waals surface area contributed by atoms with Crippen molar-refractivity contribution in [3.05, 3.63) is 41.7 Å². The zero-order valence-corrected chi connectivity index (χ0v) is 15.3. The van der Waals surface area contributed by atoms with Gasteiger partial charge >= 0.3 is 0 Å². The van der Waals surface area contributed by atoms with Gasteiger partial charge < -0.3 is 10.2 Å². The molecule has 0 spiro atoms. The van der Waals surface area contributed by atoms with Crippen LogP contribution in [0.15, 0.2) is 36.7 Å². The maximum Gasteiger partial charge on any atom is 0.130 e. The van der Waals surface area contributed by atoms with Crippen LogP contribution < -0.4 is 5.32 Å². The van der Waals surface area contributed by atoms with E-state index in [-0.39, 0.29) is 0 Å². The van der Waals surface area contributed by atoms with E-state index in [0.29, 0.717) is 6.04 Å². The highest BCUT2D eigenvalue weighted by Crippen LogP contribution is 2.29. The number of benzene rings is 1. The number of nitrogens with one attached hydrogen (secondary N) is 1. The summed E-state index contributed by atoms with van der Waals surface area (Å²) in [6, 6.07) is 11.1. The fraction of sp³-hybridized carbons (Fsp3) is 0.500.